The summed E-state index contributed by atoms with van der Waals surface area (Å²) >= 11 is 0. The molecule has 0 saturated carbocycles. The molecule has 0 bridgehead atoms. The third-order valence-corrected chi connectivity index (χ3v) is 4.15. The zero-order valence-corrected chi connectivity index (χ0v) is 19.1. The third kappa shape index (κ3) is 2.63. The van der Waals surface area contributed by atoms with Crippen LogP contribution in [-0.4, -0.2) is 0 Å². The van der Waals surface area contributed by atoms with Crippen LogP contribution in [0.25, 0.3) is 0 Å². The van der Waals surface area contributed by atoms with Crippen LogP contribution in [-0.2, 0) is 71.1 Å². The number of pyridine rings is 2. The molecule has 2 aliphatic heterocycles. The van der Waals surface area contributed by atoms with Crippen molar-refractivity contribution in [1.82, 2.24) is 0 Å². The molecule has 0 aliphatic carbocycles. The molecule has 1 unspecified atom stereocenters. The van der Waals surface area contributed by atoms with E-state index in [4.69, 9.17) is 6.58 Å². The van der Waals surface area contributed by atoms with Crippen molar-refractivity contribution in [2.75, 3.05) is 0 Å². The second kappa shape index (κ2) is 7.79. The Labute approximate surface area is 193 Å². The van der Waals surface area contributed by atoms with Crippen LogP contribution in [0.15, 0.2) is 72.1 Å². The Hall–Kier alpha value is -0.532. The first kappa shape index (κ1) is 19.8. The average molecular weight is 460 g/mol. The Morgan fingerprint density at radius 1 is 0.958 bits per heavy atom. The molecule has 4 heteroatoms. The predicted molar refractivity (Wildman–Crippen MR) is 80.7 cm³/mol. The Balaban J connectivity index is 0.00000104. The van der Waals surface area contributed by atoms with Crippen LogP contribution in [0.3, 0.4) is 0 Å². The molecule has 0 aromatic carbocycles. The monoisotopic (exact) mass is 460 g/mol. The van der Waals surface area contributed by atoms with Gasteiger partial charge < -0.3 is 24.8 Å². The fraction of sp³-hybridized carbons (Fsp3) is 0.100. The molecule has 24 heavy (non-hydrogen) atoms. The fourth-order valence-electron chi connectivity index (χ4n) is 3.32. The van der Waals surface area contributed by atoms with Crippen LogP contribution in [0, 0.1) is 24.8 Å². The van der Waals surface area contributed by atoms with E-state index in [1.54, 1.807) is 6.08 Å². The first-order chi connectivity index (χ1) is 10.8. The van der Waals surface area contributed by atoms with E-state index in [1.807, 2.05) is 49.4 Å². The maximum absolute atomic E-state index is 5.96. The third-order valence-electron chi connectivity index (χ3n) is 4.15. The fourth-order valence-corrected chi connectivity index (χ4v) is 3.32. The van der Waals surface area contributed by atoms with Gasteiger partial charge in [-0.15, -0.1) is 19.1 Å². The van der Waals surface area contributed by atoms with Gasteiger partial charge >= 0.3 is 0 Å². The second-order valence-corrected chi connectivity index (χ2v) is 5.26. The summed E-state index contributed by atoms with van der Waals surface area (Å²) in [6.07, 6.45) is 17.7. The van der Waals surface area contributed by atoms with Crippen LogP contribution in [0.4, 0.5) is 0 Å². The van der Waals surface area contributed by atoms with Gasteiger partial charge in [0.2, 0.25) is 5.66 Å². The Morgan fingerprint density at radius 2 is 1.50 bits per heavy atom. The summed E-state index contributed by atoms with van der Waals surface area (Å²) in [7, 11) is 0. The van der Waals surface area contributed by atoms with Gasteiger partial charge in [0, 0.05) is 65.4 Å². The Morgan fingerprint density at radius 3 is 2.00 bits per heavy atom. The van der Waals surface area contributed by atoms with E-state index in [-0.39, 0.29) is 65.4 Å². The molecule has 112 valence electrons. The van der Waals surface area contributed by atoms with Crippen molar-refractivity contribution >= 4 is 0 Å². The summed E-state index contributed by atoms with van der Waals surface area (Å²) in [4.78, 5) is 0. The zero-order chi connectivity index (χ0) is 15.2. The van der Waals surface area contributed by atoms with E-state index in [0.29, 0.717) is 0 Å². The van der Waals surface area contributed by atoms with Gasteiger partial charge in [0.15, 0.2) is 12.4 Å². The molecule has 0 fully saturated rings. The molecule has 2 nitrogen and oxygen atoms in total. The number of allylic oxidation sites excluding steroid dienone is 5. The van der Waals surface area contributed by atoms with Crippen molar-refractivity contribution in [3.63, 3.8) is 0 Å². The molecule has 4 rings (SSSR count). The molecule has 1 atom stereocenters. The SMILES string of the molecule is [CH-]=CC1=[C-]c2cccc[n+]2C12C(C=[C-]C)=[C-]c1cccc[n+]12.[Y].[Y]. The van der Waals surface area contributed by atoms with Crippen LogP contribution in [0.2, 0.25) is 0 Å². The van der Waals surface area contributed by atoms with Gasteiger partial charge in [0.1, 0.15) is 0 Å². The van der Waals surface area contributed by atoms with E-state index in [1.165, 1.54) is 0 Å². The van der Waals surface area contributed by atoms with Crippen molar-refractivity contribution < 1.29 is 74.6 Å². The van der Waals surface area contributed by atoms with E-state index >= 15 is 0 Å². The zero-order valence-electron chi connectivity index (χ0n) is 13.4. The van der Waals surface area contributed by atoms with Crippen LogP contribution >= 0.6 is 0 Å². The molecule has 1 spiro atoms. The summed E-state index contributed by atoms with van der Waals surface area (Å²) in [5, 5.41) is 0. The Bertz CT molecular complexity index is 868. The minimum absolute atomic E-state index is 0. The van der Waals surface area contributed by atoms with Gasteiger partial charge in [-0.1, -0.05) is 12.1 Å². The van der Waals surface area contributed by atoms with Crippen LogP contribution in [0.1, 0.15) is 18.3 Å². The first-order valence-corrected chi connectivity index (χ1v) is 7.19. The number of nitrogens with zero attached hydrogens (tertiary/aromatic N) is 2. The minimum Gasteiger partial charge on any atom is -0.360 e. The molecule has 2 aliphatic rings. The van der Waals surface area contributed by atoms with Crippen molar-refractivity contribution in [2.45, 2.75) is 12.6 Å². The van der Waals surface area contributed by atoms with Crippen LogP contribution < -0.4 is 9.13 Å². The molecular formula is C20H14N2Y2-2. The van der Waals surface area contributed by atoms with Gasteiger partial charge in [-0.05, 0) is 12.1 Å². The summed E-state index contributed by atoms with van der Waals surface area (Å²) in [5.74, 6) is 0. The number of rotatable bonds is 2. The molecule has 0 amide bonds. The number of hydrogen-bond donors (Lipinski definition) is 0. The van der Waals surface area contributed by atoms with Gasteiger partial charge in [-0.25, -0.2) is 0 Å². The van der Waals surface area contributed by atoms with E-state index in [9.17, 15) is 0 Å². The molecule has 0 saturated heterocycles. The Kier molecular flexibility index (Phi) is 6.42. The number of hydrogen-bond acceptors (Lipinski definition) is 0. The van der Waals surface area contributed by atoms with Crippen LogP contribution in [0.5, 0.6) is 0 Å². The van der Waals surface area contributed by atoms with Crippen molar-refractivity contribution in [3.8, 4) is 0 Å². The summed E-state index contributed by atoms with van der Waals surface area (Å²) in [6, 6.07) is 12.1. The maximum atomic E-state index is 5.96. The molecule has 2 radical (unpaired) electrons. The smallest absolute Gasteiger partial charge is 0.248 e. The van der Waals surface area contributed by atoms with Gasteiger partial charge in [-0.3, -0.25) is 0 Å². The number of aromatic nitrogens is 2. The average Bonchev–Trinajstić information content (AvgIpc) is 3.06. The summed E-state index contributed by atoms with van der Waals surface area (Å²) < 4.78 is 4.36. The molecule has 2 aromatic rings. The first-order valence-electron chi connectivity index (χ1n) is 7.19. The van der Waals surface area contributed by atoms with E-state index < -0.39 is 5.66 Å². The van der Waals surface area contributed by atoms with Gasteiger partial charge in [0.05, 0.1) is 11.4 Å². The molecular weight excluding hydrogens is 446 g/mol. The minimum atomic E-state index is -0.565. The van der Waals surface area contributed by atoms with Crippen molar-refractivity contribution in [2.24, 2.45) is 0 Å². The van der Waals surface area contributed by atoms with Gasteiger partial charge in [0.25, 0.3) is 0 Å². The molecule has 4 heterocycles. The maximum Gasteiger partial charge on any atom is 0.248 e. The predicted octanol–water partition coefficient (Wildman–Crippen LogP) is 2.01. The second-order valence-electron chi connectivity index (χ2n) is 5.26. The number of fused-ring (bicyclic) bond motifs is 4. The van der Waals surface area contributed by atoms with Gasteiger partial charge in [-0.2, -0.15) is 32.4 Å². The van der Waals surface area contributed by atoms with Crippen molar-refractivity contribution in [1.29, 1.82) is 0 Å². The van der Waals surface area contributed by atoms with E-state index in [2.05, 4.69) is 39.8 Å². The summed E-state index contributed by atoms with van der Waals surface area (Å²) in [6.45, 7) is 7.85. The van der Waals surface area contributed by atoms with Crippen molar-refractivity contribution in [3.05, 3.63) is 108 Å². The normalized spacial score (nSPS) is 19.9. The molecule has 0 N–H and O–H groups in total. The largest absolute Gasteiger partial charge is 0.360 e. The standard InChI is InChI=1S/C20H14N2.2Y/c1-3-9-17-15-19-11-6-8-13-22(19)20(17)16(4-2)14-18-10-5-7-12-21(18)20;;/h2,4-13H,1H3;;/q-2;;. The topological polar surface area (TPSA) is 7.76 Å². The molecule has 2 aromatic heterocycles. The van der Waals surface area contributed by atoms with E-state index in [0.717, 1.165) is 22.5 Å². The summed E-state index contributed by atoms with van der Waals surface area (Å²) in [5.41, 5.74) is 3.34. The quantitative estimate of drug-likeness (QED) is 0.479.